The van der Waals surface area contributed by atoms with E-state index in [4.69, 9.17) is 10.8 Å². The Morgan fingerprint density at radius 2 is 1.84 bits per heavy atom. The van der Waals surface area contributed by atoms with Crippen molar-refractivity contribution < 1.29 is 19.5 Å². The lowest BCUT2D eigenvalue weighted by molar-refractivity contribution is -0.140. The summed E-state index contributed by atoms with van der Waals surface area (Å²) in [6.07, 6.45) is 2.73. The molecule has 0 aliphatic rings. The van der Waals surface area contributed by atoms with Crippen LogP contribution in [0.4, 0.5) is 0 Å². The van der Waals surface area contributed by atoms with Gasteiger partial charge in [0.05, 0.1) is 0 Å². The molecule has 2 amide bonds. The van der Waals surface area contributed by atoms with Gasteiger partial charge >= 0.3 is 5.97 Å². The van der Waals surface area contributed by atoms with Gasteiger partial charge in [0.2, 0.25) is 11.8 Å². The van der Waals surface area contributed by atoms with Gasteiger partial charge in [0.25, 0.3) is 0 Å². The number of benzene rings is 1. The minimum Gasteiger partial charge on any atom is -0.480 e. The van der Waals surface area contributed by atoms with Crippen LogP contribution in [0, 0.1) is 0 Å². The summed E-state index contributed by atoms with van der Waals surface area (Å²) >= 11 is 0. The van der Waals surface area contributed by atoms with Crippen molar-refractivity contribution >= 4 is 23.9 Å². The molecule has 0 aliphatic heterocycles. The van der Waals surface area contributed by atoms with E-state index in [2.05, 4.69) is 5.32 Å². The van der Waals surface area contributed by atoms with Gasteiger partial charge < -0.3 is 16.2 Å². The first-order valence-corrected chi connectivity index (χ1v) is 5.51. The molecule has 0 aliphatic carbocycles. The fourth-order valence-electron chi connectivity index (χ4n) is 1.25. The highest BCUT2D eigenvalue weighted by molar-refractivity contribution is 5.95. The van der Waals surface area contributed by atoms with Crippen molar-refractivity contribution in [1.82, 2.24) is 5.32 Å². The quantitative estimate of drug-likeness (QED) is 0.666. The van der Waals surface area contributed by atoms with Crippen LogP contribution in [0.5, 0.6) is 0 Å². The van der Waals surface area contributed by atoms with Crippen molar-refractivity contribution in [3.05, 3.63) is 41.5 Å². The molecule has 6 nitrogen and oxygen atoms in total. The first-order valence-electron chi connectivity index (χ1n) is 5.51. The molecular weight excluding hydrogens is 248 g/mol. The average molecular weight is 262 g/mol. The Bertz CT molecular complexity index is 520. The molecule has 0 spiro atoms. The molecule has 0 heterocycles. The molecule has 1 atom stereocenters. The predicted molar refractivity (Wildman–Crippen MR) is 69.2 cm³/mol. The van der Waals surface area contributed by atoms with Crippen molar-refractivity contribution in [1.29, 1.82) is 0 Å². The number of primary amides is 1. The van der Waals surface area contributed by atoms with E-state index in [1.807, 2.05) is 0 Å². The standard InChI is InChI=1S/C13H14N2O4/c1-8(13(18)19)15-11(16)7-4-9-2-5-10(6-3-9)12(14)17/h2-8H,1H3,(H2,14,17)(H,15,16)(H,18,19)/b7-4+/t8-/m1/s1. The van der Waals surface area contributed by atoms with Crippen molar-refractivity contribution in [2.45, 2.75) is 13.0 Å². The van der Waals surface area contributed by atoms with Crippen molar-refractivity contribution in [3.8, 4) is 0 Å². The number of hydrogen-bond donors (Lipinski definition) is 3. The number of amides is 2. The highest BCUT2D eigenvalue weighted by atomic mass is 16.4. The van der Waals surface area contributed by atoms with Crippen LogP contribution in [0.3, 0.4) is 0 Å². The van der Waals surface area contributed by atoms with Crippen LogP contribution in [0.15, 0.2) is 30.3 Å². The summed E-state index contributed by atoms with van der Waals surface area (Å²) in [6, 6.07) is 5.39. The highest BCUT2D eigenvalue weighted by Gasteiger charge is 2.11. The van der Waals surface area contributed by atoms with E-state index in [0.717, 1.165) is 0 Å². The van der Waals surface area contributed by atoms with Crippen LogP contribution in [0.1, 0.15) is 22.8 Å². The first-order chi connectivity index (χ1) is 8.90. The van der Waals surface area contributed by atoms with E-state index in [1.165, 1.54) is 19.1 Å². The summed E-state index contributed by atoms with van der Waals surface area (Å²) in [6.45, 7) is 1.37. The molecule has 1 rings (SSSR count). The molecule has 100 valence electrons. The van der Waals surface area contributed by atoms with Crippen LogP contribution in [0.25, 0.3) is 6.08 Å². The van der Waals surface area contributed by atoms with Gasteiger partial charge in [-0.3, -0.25) is 14.4 Å². The molecular formula is C13H14N2O4. The Balaban J connectivity index is 2.63. The summed E-state index contributed by atoms with van der Waals surface area (Å²) in [7, 11) is 0. The molecule has 1 aromatic carbocycles. The monoisotopic (exact) mass is 262 g/mol. The fourth-order valence-corrected chi connectivity index (χ4v) is 1.25. The summed E-state index contributed by atoms with van der Waals surface area (Å²) < 4.78 is 0. The molecule has 19 heavy (non-hydrogen) atoms. The zero-order valence-corrected chi connectivity index (χ0v) is 10.3. The second kappa shape index (κ2) is 6.34. The molecule has 0 saturated carbocycles. The second-order valence-electron chi connectivity index (χ2n) is 3.89. The zero-order chi connectivity index (χ0) is 14.4. The lowest BCUT2D eigenvalue weighted by Gasteiger charge is -2.05. The topological polar surface area (TPSA) is 109 Å². The number of rotatable bonds is 5. The van der Waals surface area contributed by atoms with Crippen LogP contribution in [0.2, 0.25) is 0 Å². The van der Waals surface area contributed by atoms with Crippen molar-refractivity contribution in [2.75, 3.05) is 0 Å². The zero-order valence-electron chi connectivity index (χ0n) is 10.3. The number of carboxylic acids is 1. The van der Waals surface area contributed by atoms with Gasteiger partial charge in [-0.1, -0.05) is 12.1 Å². The number of hydrogen-bond acceptors (Lipinski definition) is 3. The SMILES string of the molecule is C[C@@H](NC(=O)/C=C/c1ccc(C(N)=O)cc1)C(=O)O. The predicted octanol–water partition coefficient (Wildman–Crippen LogP) is 0.388. The third-order valence-electron chi connectivity index (χ3n) is 2.35. The van der Waals surface area contributed by atoms with Gasteiger partial charge in [-0.05, 0) is 30.7 Å². The van der Waals surface area contributed by atoms with Crippen LogP contribution in [-0.4, -0.2) is 28.9 Å². The summed E-state index contributed by atoms with van der Waals surface area (Å²) in [4.78, 5) is 32.7. The molecule has 4 N–H and O–H groups in total. The first kappa shape index (κ1) is 14.4. The molecule has 0 unspecified atom stereocenters. The third-order valence-corrected chi connectivity index (χ3v) is 2.35. The van der Waals surface area contributed by atoms with Gasteiger partial charge in [0.15, 0.2) is 0 Å². The summed E-state index contributed by atoms with van der Waals surface area (Å²) in [5, 5.41) is 10.9. The third kappa shape index (κ3) is 4.63. The number of nitrogens with one attached hydrogen (secondary N) is 1. The molecule has 0 bridgehead atoms. The van der Waals surface area contributed by atoms with E-state index in [0.29, 0.717) is 11.1 Å². The number of carbonyl (C=O) groups excluding carboxylic acids is 2. The van der Waals surface area contributed by atoms with Crippen LogP contribution >= 0.6 is 0 Å². The van der Waals surface area contributed by atoms with Crippen LogP contribution in [-0.2, 0) is 9.59 Å². The minimum atomic E-state index is -1.10. The number of nitrogens with two attached hydrogens (primary N) is 1. The molecule has 0 saturated heterocycles. The van der Waals surface area contributed by atoms with E-state index in [-0.39, 0.29) is 0 Å². The molecule has 0 fully saturated rings. The Morgan fingerprint density at radius 3 is 2.32 bits per heavy atom. The maximum Gasteiger partial charge on any atom is 0.325 e. The second-order valence-corrected chi connectivity index (χ2v) is 3.89. The van der Waals surface area contributed by atoms with E-state index >= 15 is 0 Å². The van der Waals surface area contributed by atoms with E-state index < -0.39 is 23.8 Å². The van der Waals surface area contributed by atoms with Gasteiger partial charge in [-0.2, -0.15) is 0 Å². The molecule has 0 radical (unpaired) electrons. The van der Waals surface area contributed by atoms with Gasteiger partial charge in [0.1, 0.15) is 6.04 Å². The number of carbonyl (C=O) groups is 3. The number of aliphatic carboxylic acids is 1. The summed E-state index contributed by atoms with van der Waals surface area (Å²) in [5.74, 6) is -2.13. The van der Waals surface area contributed by atoms with Crippen molar-refractivity contribution in [2.24, 2.45) is 5.73 Å². The highest BCUT2D eigenvalue weighted by Crippen LogP contribution is 2.05. The average Bonchev–Trinajstić information content (AvgIpc) is 2.36. The maximum absolute atomic E-state index is 11.4. The fraction of sp³-hybridized carbons (Fsp3) is 0.154. The Morgan fingerprint density at radius 1 is 1.26 bits per heavy atom. The number of carboxylic acid groups (broad SMARTS) is 1. The molecule has 6 heteroatoms. The van der Waals surface area contributed by atoms with Crippen molar-refractivity contribution in [3.63, 3.8) is 0 Å². The lowest BCUT2D eigenvalue weighted by Crippen LogP contribution is -2.37. The molecule has 1 aromatic rings. The maximum atomic E-state index is 11.4. The lowest BCUT2D eigenvalue weighted by atomic mass is 10.1. The van der Waals surface area contributed by atoms with E-state index in [9.17, 15) is 14.4 Å². The Kier molecular flexibility index (Phi) is 4.82. The van der Waals surface area contributed by atoms with Gasteiger partial charge in [0, 0.05) is 11.6 Å². The Hall–Kier alpha value is -2.63. The minimum absolute atomic E-state index is 0.376. The van der Waals surface area contributed by atoms with Gasteiger partial charge in [-0.15, -0.1) is 0 Å². The normalized spacial score (nSPS) is 12.1. The Labute approximate surface area is 109 Å². The van der Waals surface area contributed by atoms with Gasteiger partial charge in [-0.25, -0.2) is 0 Å². The smallest absolute Gasteiger partial charge is 0.325 e. The van der Waals surface area contributed by atoms with E-state index in [1.54, 1.807) is 24.3 Å². The molecule has 0 aromatic heterocycles. The summed E-state index contributed by atoms with van der Waals surface area (Å²) in [5.41, 5.74) is 6.17. The van der Waals surface area contributed by atoms with Crippen LogP contribution < -0.4 is 11.1 Å². The largest absolute Gasteiger partial charge is 0.480 e.